The smallest absolute Gasteiger partial charge is 0.236 e. The summed E-state index contributed by atoms with van der Waals surface area (Å²) in [5.41, 5.74) is 7.62. The van der Waals surface area contributed by atoms with Gasteiger partial charge in [-0.15, -0.1) is 10.2 Å². The number of hydrogen-bond acceptors (Lipinski definition) is 11. The average molecular weight is 1120 g/mol. The maximum absolute atomic E-state index is 15.8. The van der Waals surface area contributed by atoms with E-state index >= 15 is 4.39 Å². The van der Waals surface area contributed by atoms with E-state index in [2.05, 4.69) is 108 Å². The van der Waals surface area contributed by atoms with E-state index in [9.17, 15) is 10.5 Å². The monoisotopic (exact) mass is 1110 g/mol. The third kappa shape index (κ3) is 11.8. The van der Waals surface area contributed by atoms with Gasteiger partial charge in [-0.3, -0.25) is 9.97 Å². The number of anilines is 2. The number of nitrogens with zero attached hydrogens (tertiary/aromatic N) is 10. The number of fused-ring (bicyclic) bond motifs is 2. The van der Waals surface area contributed by atoms with Crippen molar-refractivity contribution in [2.24, 2.45) is 10.8 Å². The Morgan fingerprint density at radius 2 is 1.05 bits per heavy atom. The first-order valence-corrected chi connectivity index (χ1v) is 27.2. The van der Waals surface area contributed by atoms with Crippen molar-refractivity contribution in [3.63, 3.8) is 0 Å². The molecule has 4 aromatic heterocycles. The number of methoxy groups -OCH3 is 1. The summed E-state index contributed by atoms with van der Waals surface area (Å²) in [6.45, 7) is 18.3. The molecule has 10 rings (SSSR count). The lowest BCUT2D eigenvalue weighted by atomic mass is 9.88. The lowest BCUT2D eigenvalue weighted by Gasteiger charge is -2.22. The Balaban J connectivity index is 0.000000188. The molecule has 2 atom stereocenters. The van der Waals surface area contributed by atoms with Crippen LogP contribution < -0.4 is 15.4 Å². The quantitative estimate of drug-likeness (QED) is 0.100. The zero-order valence-electron chi connectivity index (χ0n) is 44.7. The molecule has 0 unspecified atom stereocenters. The highest BCUT2D eigenvalue weighted by Gasteiger charge is 2.45. The van der Waals surface area contributed by atoms with Crippen LogP contribution in [0.2, 0.25) is 20.1 Å². The lowest BCUT2D eigenvalue weighted by molar-refractivity contribution is 0.324. The van der Waals surface area contributed by atoms with Gasteiger partial charge in [0.2, 0.25) is 11.8 Å². The van der Waals surface area contributed by atoms with Crippen LogP contribution in [-0.2, 0) is 23.9 Å². The highest BCUT2D eigenvalue weighted by atomic mass is 35.5. The Hall–Kier alpha value is -6.55. The fourth-order valence-corrected chi connectivity index (χ4v) is 10.6. The van der Waals surface area contributed by atoms with Crippen LogP contribution in [0.15, 0.2) is 85.2 Å². The highest BCUT2D eigenvalue weighted by Crippen LogP contribution is 2.48. The summed E-state index contributed by atoms with van der Waals surface area (Å²) < 4.78 is 24.9. The van der Waals surface area contributed by atoms with E-state index in [1.165, 1.54) is 10.9 Å². The summed E-state index contributed by atoms with van der Waals surface area (Å²) in [6, 6.07) is 27.5. The average Bonchev–Trinajstić information content (AvgIpc) is 4.25. The van der Waals surface area contributed by atoms with Gasteiger partial charge >= 0.3 is 0 Å². The van der Waals surface area contributed by atoms with Crippen LogP contribution in [0.5, 0.6) is 5.88 Å². The summed E-state index contributed by atoms with van der Waals surface area (Å²) in [7, 11) is 1.66. The molecular weight excluding hydrogens is 1050 g/mol. The van der Waals surface area contributed by atoms with Crippen molar-refractivity contribution in [2.75, 3.05) is 30.8 Å². The fraction of sp³-hybridized carbons (Fsp3) is 0.390. The van der Waals surface area contributed by atoms with E-state index in [-0.39, 0.29) is 33.5 Å². The van der Waals surface area contributed by atoms with E-state index in [1.807, 2.05) is 72.3 Å². The van der Waals surface area contributed by atoms with Gasteiger partial charge in [0.15, 0.2) is 0 Å². The summed E-state index contributed by atoms with van der Waals surface area (Å²) >= 11 is 26.9. The number of aromatic nitrogens is 8. The van der Waals surface area contributed by atoms with E-state index < -0.39 is 11.9 Å². The minimum absolute atomic E-state index is 0.0133. The molecule has 4 aromatic carbocycles. The van der Waals surface area contributed by atoms with Crippen molar-refractivity contribution >= 4 is 79.6 Å². The predicted octanol–water partition coefficient (Wildman–Crippen LogP) is 14.8. The molecule has 8 aromatic rings. The normalized spacial score (nSPS) is 15.2. The first-order chi connectivity index (χ1) is 36.5. The van der Waals surface area contributed by atoms with Crippen LogP contribution >= 0.6 is 46.4 Å². The lowest BCUT2D eigenvalue weighted by Crippen LogP contribution is -2.19. The topological polar surface area (TPSA) is 168 Å². The van der Waals surface area contributed by atoms with Crippen LogP contribution in [0, 0.1) is 39.4 Å². The van der Waals surface area contributed by atoms with E-state index in [1.54, 1.807) is 19.4 Å². The van der Waals surface area contributed by atoms with Gasteiger partial charge in [0.05, 0.1) is 61.8 Å². The van der Waals surface area contributed by atoms with Crippen molar-refractivity contribution in [3.8, 4) is 18.0 Å². The number of halogens is 5. The van der Waals surface area contributed by atoms with Gasteiger partial charge in [0.1, 0.15) is 23.5 Å². The first-order valence-electron chi connectivity index (χ1n) is 25.7. The third-order valence-electron chi connectivity index (χ3n) is 14.4. The molecule has 0 amide bonds. The van der Waals surface area contributed by atoms with Crippen LogP contribution in [0.25, 0.3) is 21.8 Å². The van der Waals surface area contributed by atoms with Gasteiger partial charge in [-0.25, -0.2) is 9.36 Å². The summed E-state index contributed by atoms with van der Waals surface area (Å²) in [5, 5.41) is 47.8. The maximum atomic E-state index is 15.8. The van der Waals surface area contributed by atoms with Crippen molar-refractivity contribution < 1.29 is 9.13 Å². The standard InChI is InChI=1S/C30H32Cl2N6O.C29H29Cl2FN6/c1-29(2,3)17-35-25-19(15-33)16-34-26-22(25)13-18(14-24(26)32)12-21(20-8-6-7-9-23(20)31)27-28(39-5)38(37-36-27)30(4)10-11-30;1-28(2,3)16-35-24-18(14-33)15-34-25-21(24)12-17(13-23(25)31)11-20(19-7-5-6-8-22(19)30)26-27(32)38(37-36-26)29(4)9-10-29/h6-9,13-14,16,21H,10-12,17H2,1-5H3,(H,34,35);5-8,12-13,15,20H,9-11,16H2,1-4H3,(H,34,35)/t21-;20-/m00/s1. The third-order valence-corrected chi connectivity index (χ3v) is 15.6. The molecule has 0 bridgehead atoms. The summed E-state index contributed by atoms with van der Waals surface area (Å²) in [5.74, 6) is -0.529. The van der Waals surface area contributed by atoms with Crippen LogP contribution in [0.1, 0.15) is 138 Å². The largest absolute Gasteiger partial charge is 0.480 e. The van der Waals surface area contributed by atoms with Crippen LogP contribution in [-0.4, -0.2) is 60.2 Å². The van der Waals surface area contributed by atoms with Crippen LogP contribution in [0.4, 0.5) is 15.8 Å². The minimum atomic E-state index is -0.494. The molecule has 2 aliphatic rings. The number of hydrogen-bond donors (Lipinski definition) is 2. The second-order valence-corrected chi connectivity index (χ2v) is 24.8. The SMILES string of the molecule is CC(C)(C)CNc1c(C#N)cnc2c(Cl)cc(C[C@@H](c3ccccc3Cl)c3nnn(C4(C)CC4)c3F)cc12.COc1c([C@@H](Cc2cc(Cl)c3ncc(C#N)c(NCC(C)(C)C)c3c2)c2ccccc2Cl)nnn1C1(C)CC1. The van der Waals surface area contributed by atoms with Crippen molar-refractivity contribution in [3.05, 3.63) is 156 Å². The van der Waals surface area contributed by atoms with Gasteiger partial charge < -0.3 is 15.4 Å². The molecule has 2 aliphatic carbocycles. The Labute approximate surface area is 469 Å². The molecule has 2 N–H and O–H groups in total. The van der Waals surface area contributed by atoms with Gasteiger partial charge in [0.25, 0.3) is 0 Å². The van der Waals surface area contributed by atoms with E-state index in [0.717, 1.165) is 70.1 Å². The molecule has 398 valence electrons. The summed E-state index contributed by atoms with van der Waals surface area (Å²) in [6.07, 6.45) is 7.82. The molecule has 0 spiro atoms. The minimum Gasteiger partial charge on any atom is -0.480 e. The number of nitriles is 2. The molecule has 77 heavy (non-hydrogen) atoms. The Morgan fingerprint density at radius 3 is 1.47 bits per heavy atom. The van der Waals surface area contributed by atoms with Crippen LogP contribution in [0.3, 0.4) is 0 Å². The molecule has 0 aliphatic heterocycles. The fourth-order valence-electron chi connectivity index (χ4n) is 9.49. The second-order valence-electron chi connectivity index (χ2n) is 23.2. The molecule has 2 saturated carbocycles. The Morgan fingerprint density at radius 1 is 0.636 bits per heavy atom. The van der Waals surface area contributed by atoms with Crippen molar-refractivity contribution in [1.29, 1.82) is 10.5 Å². The summed E-state index contributed by atoms with van der Waals surface area (Å²) in [4.78, 5) is 8.97. The van der Waals surface area contributed by atoms with Crippen molar-refractivity contribution in [1.82, 2.24) is 40.0 Å². The molecule has 18 heteroatoms. The van der Waals surface area contributed by atoms with Crippen molar-refractivity contribution in [2.45, 2.75) is 117 Å². The molecule has 2 fully saturated rings. The van der Waals surface area contributed by atoms with Gasteiger partial charge in [-0.05, 0) is 122 Å². The molecule has 4 heterocycles. The first kappa shape index (κ1) is 55.2. The number of pyridine rings is 2. The Bertz CT molecular complexity index is 3620. The Kier molecular flexibility index (Phi) is 15.6. The molecular formula is C59H61Cl4FN12O. The zero-order valence-corrected chi connectivity index (χ0v) is 47.7. The number of benzene rings is 4. The molecule has 0 saturated heterocycles. The zero-order chi connectivity index (χ0) is 55.2. The van der Waals surface area contributed by atoms with Gasteiger partial charge in [-0.2, -0.15) is 14.9 Å². The van der Waals surface area contributed by atoms with E-state index in [4.69, 9.17) is 51.1 Å². The number of rotatable bonds is 15. The number of ether oxygens (including phenoxy) is 1. The molecule has 13 nitrogen and oxygen atoms in total. The predicted molar refractivity (Wildman–Crippen MR) is 305 cm³/mol. The number of nitrogens with one attached hydrogen (secondary N) is 2. The second kappa shape index (κ2) is 21.7. The van der Waals surface area contributed by atoms with Gasteiger partial charge in [-0.1, -0.05) is 135 Å². The highest BCUT2D eigenvalue weighted by molar-refractivity contribution is 6.36. The van der Waals surface area contributed by atoms with Gasteiger partial charge in [0, 0.05) is 58.1 Å². The van der Waals surface area contributed by atoms with E-state index in [0.29, 0.717) is 79.7 Å². The maximum Gasteiger partial charge on any atom is 0.236 e. The molecule has 0 radical (unpaired) electrons.